The smallest absolute Gasteiger partial charge is 0.154 e. The van der Waals surface area contributed by atoms with Crippen molar-refractivity contribution in [3.63, 3.8) is 0 Å². The minimum absolute atomic E-state index is 0.677. The Labute approximate surface area is 89.9 Å². The zero-order valence-corrected chi connectivity index (χ0v) is 9.02. The Kier molecular flexibility index (Phi) is 2.24. The Bertz CT molecular complexity index is 353. The zero-order chi connectivity index (χ0) is 10.3. The molecule has 1 aliphatic carbocycles. The number of nitrogens with two attached hydrogens (primary N) is 1. The van der Waals surface area contributed by atoms with Crippen LogP contribution in [0.25, 0.3) is 0 Å². The second-order valence-corrected chi connectivity index (χ2v) is 4.82. The summed E-state index contributed by atoms with van der Waals surface area (Å²) in [5.41, 5.74) is 5.60. The maximum absolute atomic E-state index is 5.60. The number of hydrogen-bond donors (Lipinski definition) is 1. The van der Waals surface area contributed by atoms with Crippen molar-refractivity contribution in [1.82, 2.24) is 14.8 Å². The molecule has 1 saturated carbocycles. The predicted molar refractivity (Wildman–Crippen MR) is 57.5 cm³/mol. The van der Waals surface area contributed by atoms with Gasteiger partial charge in [-0.25, -0.2) is 9.67 Å². The molecule has 1 aliphatic heterocycles. The van der Waals surface area contributed by atoms with Crippen LogP contribution in [0.4, 0.5) is 0 Å². The molecule has 0 radical (unpaired) electrons. The van der Waals surface area contributed by atoms with Gasteiger partial charge in [-0.1, -0.05) is 0 Å². The lowest BCUT2D eigenvalue weighted by Crippen LogP contribution is -2.22. The number of fused-ring (bicyclic) bond motifs is 1. The van der Waals surface area contributed by atoms with Gasteiger partial charge in [0.15, 0.2) is 5.82 Å². The van der Waals surface area contributed by atoms with Gasteiger partial charge >= 0.3 is 0 Å². The maximum Gasteiger partial charge on any atom is 0.154 e. The summed E-state index contributed by atoms with van der Waals surface area (Å²) in [5, 5.41) is 4.58. The molecule has 15 heavy (non-hydrogen) atoms. The minimum atomic E-state index is 0.677. The molecule has 0 spiro atoms. The number of rotatable bonds is 3. The average Bonchev–Trinajstić information content (AvgIpc) is 2.99. The van der Waals surface area contributed by atoms with Gasteiger partial charge in [0.2, 0.25) is 0 Å². The Balaban J connectivity index is 1.76. The van der Waals surface area contributed by atoms with E-state index in [4.69, 9.17) is 5.73 Å². The molecule has 1 atom stereocenters. The van der Waals surface area contributed by atoms with E-state index < -0.39 is 0 Å². The van der Waals surface area contributed by atoms with Gasteiger partial charge in [0.25, 0.3) is 0 Å². The monoisotopic (exact) mass is 206 g/mol. The van der Waals surface area contributed by atoms with E-state index in [1.807, 2.05) is 0 Å². The van der Waals surface area contributed by atoms with Crippen molar-refractivity contribution < 1.29 is 0 Å². The largest absolute Gasteiger partial charge is 0.330 e. The fraction of sp³-hybridized carbons (Fsp3) is 0.818. The Morgan fingerprint density at radius 2 is 2.20 bits per heavy atom. The van der Waals surface area contributed by atoms with Crippen LogP contribution in [0, 0.1) is 5.92 Å². The molecular formula is C11H18N4. The molecule has 1 fully saturated rings. The second kappa shape index (κ2) is 3.59. The lowest BCUT2D eigenvalue weighted by molar-refractivity contribution is 0.348. The molecule has 4 nitrogen and oxygen atoms in total. The van der Waals surface area contributed by atoms with E-state index in [0.717, 1.165) is 37.7 Å². The first-order chi connectivity index (χ1) is 7.36. The molecule has 0 bridgehead atoms. The van der Waals surface area contributed by atoms with E-state index in [0.29, 0.717) is 5.92 Å². The maximum atomic E-state index is 5.60. The zero-order valence-electron chi connectivity index (χ0n) is 9.02. The SMILES string of the molecule is NCCC1CCn2nc(C3CC3)nc2C1. The summed E-state index contributed by atoms with van der Waals surface area (Å²) in [6, 6.07) is 0. The van der Waals surface area contributed by atoms with Crippen molar-refractivity contribution in [3.8, 4) is 0 Å². The standard InChI is InChI=1S/C11H18N4/c12-5-3-8-4-6-15-10(7-8)13-11(14-15)9-1-2-9/h8-9H,1-7,12H2. The molecule has 2 aliphatic rings. The lowest BCUT2D eigenvalue weighted by atomic mass is 9.95. The quantitative estimate of drug-likeness (QED) is 0.804. The van der Waals surface area contributed by atoms with Crippen molar-refractivity contribution >= 4 is 0 Å². The van der Waals surface area contributed by atoms with E-state index in [-0.39, 0.29) is 0 Å². The van der Waals surface area contributed by atoms with Crippen LogP contribution in [0.2, 0.25) is 0 Å². The fourth-order valence-electron chi connectivity index (χ4n) is 2.39. The van der Waals surface area contributed by atoms with Crippen LogP contribution in [0.15, 0.2) is 0 Å². The molecule has 82 valence electrons. The highest BCUT2D eigenvalue weighted by Gasteiger charge is 2.30. The first kappa shape index (κ1) is 9.33. The highest BCUT2D eigenvalue weighted by atomic mass is 15.4. The summed E-state index contributed by atoms with van der Waals surface area (Å²) in [5.74, 6) is 3.70. The summed E-state index contributed by atoms with van der Waals surface area (Å²) >= 11 is 0. The van der Waals surface area contributed by atoms with Gasteiger partial charge in [0.1, 0.15) is 5.82 Å². The highest BCUT2D eigenvalue weighted by Crippen LogP contribution is 2.38. The summed E-state index contributed by atoms with van der Waals surface area (Å²) in [4.78, 5) is 4.66. The summed E-state index contributed by atoms with van der Waals surface area (Å²) in [7, 11) is 0. The van der Waals surface area contributed by atoms with Crippen LogP contribution in [0.1, 0.15) is 43.3 Å². The summed E-state index contributed by atoms with van der Waals surface area (Å²) in [6.45, 7) is 1.84. The average molecular weight is 206 g/mol. The molecule has 1 aromatic rings. The topological polar surface area (TPSA) is 56.7 Å². The Morgan fingerprint density at radius 1 is 1.33 bits per heavy atom. The molecular weight excluding hydrogens is 188 g/mol. The summed E-state index contributed by atoms with van der Waals surface area (Å²) in [6.07, 6.45) is 6.01. The van der Waals surface area contributed by atoms with Crippen molar-refractivity contribution in [3.05, 3.63) is 11.6 Å². The minimum Gasteiger partial charge on any atom is -0.330 e. The van der Waals surface area contributed by atoms with Crippen molar-refractivity contribution in [2.24, 2.45) is 11.7 Å². The van der Waals surface area contributed by atoms with Crippen molar-refractivity contribution in [2.45, 2.75) is 44.6 Å². The third-order valence-electron chi connectivity index (χ3n) is 3.50. The van der Waals surface area contributed by atoms with Crippen LogP contribution in [-0.4, -0.2) is 21.3 Å². The molecule has 2 heterocycles. The highest BCUT2D eigenvalue weighted by molar-refractivity contribution is 5.07. The van der Waals surface area contributed by atoms with Crippen molar-refractivity contribution in [2.75, 3.05) is 6.54 Å². The van der Waals surface area contributed by atoms with E-state index in [1.165, 1.54) is 25.1 Å². The van der Waals surface area contributed by atoms with Crippen LogP contribution in [0.3, 0.4) is 0 Å². The molecule has 0 aromatic carbocycles. The third-order valence-corrected chi connectivity index (χ3v) is 3.50. The Morgan fingerprint density at radius 3 is 2.93 bits per heavy atom. The van der Waals surface area contributed by atoms with E-state index in [9.17, 15) is 0 Å². The molecule has 4 heteroatoms. The molecule has 0 saturated heterocycles. The Hall–Kier alpha value is -0.900. The van der Waals surface area contributed by atoms with Gasteiger partial charge in [-0.15, -0.1) is 0 Å². The lowest BCUT2D eigenvalue weighted by Gasteiger charge is -2.21. The summed E-state index contributed by atoms with van der Waals surface area (Å²) < 4.78 is 2.11. The molecule has 0 amide bonds. The number of nitrogens with zero attached hydrogens (tertiary/aromatic N) is 3. The van der Waals surface area contributed by atoms with Crippen LogP contribution in [0.5, 0.6) is 0 Å². The first-order valence-electron chi connectivity index (χ1n) is 6.00. The molecule has 1 aromatic heterocycles. The van der Waals surface area contributed by atoms with E-state index in [2.05, 4.69) is 14.8 Å². The van der Waals surface area contributed by atoms with Crippen LogP contribution in [-0.2, 0) is 13.0 Å². The number of aryl methyl sites for hydroxylation is 1. The van der Waals surface area contributed by atoms with Crippen LogP contribution >= 0.6 is 0 Å². The molecule has 3 rings (SSSR count). The number of aromatic nitrogens is 3. The normalized spacial score (nSPS) is 25.3. The predicted octanol–water partition coefficient (Wildman–Crippen LogP) is 1.07. The van der Waals surface area contributed by atoms with Gasteiger partial charge in [-0.3, -0.25) is 0 Å². The van der Waals surface area contributed by atoms with Gasteiger partial charge < -0.3 is 5.73 Å². The number of hydrogen-bond acceptors (Lipinski definition) is 3. The first-order valence-corrected chi connectivity index (χ1v) is 6.00. The second-order valence-electron chi connectivity index (χ2n) is 4.82. The molecule has 2 N–H and O–H groups in total. The fourth-order valence-corrected chi connectivity index (χ4v) is 2.39. The van der Waals surface area contributed by atoms with Gasteiger partial charge in [-0.05, 0) is 38.1 Å². The van der Waals surface area contributed by atoms with E-state index >= 15 is 0 Å². The third kappa shape index (κ3) is 1.78. The van der Waals surface area contributed by atoms with Gasteiger partial charge in [0.05, 0.1) is 0 Å². The molecule has 1 unspecified atom stereocenters. The van der Waals surface area contributed by atoms with Crippen molar-refractivity contribution in [1.29, 1.82) is 0 Å². The van der Waals surface area contributed by atoms with Gasteiger partial charge in [0, 0.05) is 18.9 Å². The van der Waals surface area contributed by atoms with Crippen LogP contribution < -0.4 is 5.73 Å². The van der Waals surface area contributed by atoms with E-state index in [1.54, 1.807) is 0 Å². The van der Waals surface area contributed by atoms with Gasteiger partial charge in [-0.2, -0.15) is 5.10 Å².